The van der Waals surface area contributed by atoms with E-state index in [9.17, 15) is 13.2 Å². The molecule has 1 aliphatic rings. The maximum Gasteiger partial charge on any atom is 0.264 e. The Bertz CT molecular complexity index is 974. The molecule has 0 unspecified atom stereocenters. The largest absolute Gasteiger partial charge is 0.376 e. The smallest absolute Gasteiger partial charge is 0.264 e. The first-order valence-electron chi connectivity index (χ1n) is 9.21. The normalized spacial score (nSPS) is 16.6. The lowest BCUT2D eigenvalue weighted by atomic mass is 10.2. The lowest BCUT2D eigenvalue weighted by Crippen LogP contribution is -2.43. The first-order valence-corrected chi connectivity index (χ1v) is 11.4. The van der Waals surface area contributed by atoms with Gasteiger partial charge in [-0.1, -0.05) is 47.0 Å². The van der Waals surface area contributed by atoms with Crippen LogP contribution >= 0.6 is 23.2 Å². The summed E-state index contributed by atoms with van der Waals surface area (Å²) in [6.07, 6.45) is 1.77. The third kappa shape index (κ3) is 5.22. The van der Waals surface area contributed by atoms with Crippen molar-refractivity contribution >= 4 is 44.8 Å². The standard InChI is InChI=1S/C20H22Cl2N2O4S/c1-14-7-9-16(10-8-14)29(26,27)24(18-6-2-5-17(21)20(18)22)13-19(25)23-12-15-4-3-11-28-15/h2,5-10,15H,3-4,11-13H2,1H3,(H,23,25)/t15-/m0/s1. The summed E-state index contributed by atoms with van der Waals surface area (Å²) in [5, 5.41) is 3.01. The van der Waals surface area contributed by atoms with Gasteiger partial charge in [0.1, 0.15) is 6.54 Å². The lowest BCUT2D eigenvalue weighted by Gasteiger charge is -2.25. The van der Waals surface area contributed by atoms with Gasteiger partial charge in [-0.05, 0) is 44.0 Å². The molecule has 6 nitrogen and oxygen atoms in total. The Labute approximate surface area is 180 Å². The second-order valence-electron chi connectivity index (χ2n) is 6.84. The number of rotatable bonds is 7. The molecule has 1 fully saturated rings. The topological polar surface area (TPSA) is 75.7 Å². The number of hydrogen-bond donors (Lipinski definition) is 1. The molecule has 1 N–H and O–H groups in total. The Balaban J connectivity index is 1.90. The van der Waals surface area contributed by atoms with Gasteiger partial charge in [-0.25, -0.2) is 8.42 Å². The quantitative estimate of drug-likeness (QED) is 0.687. The monoisotopic (exact) mass is 456 g/mol. The first kappa shape index (κ1) is 21.9. The van der Waals surface area contributed by atoms with E-state index in [2.05, 4.69) is 5.32 Å². The zero-order valence-electron chi connectivity index (χ0n) is 15.9. The number of aryl methyl sites for hydroxylation is 1. The number of halogens is 2. The molecule has 0 aromatic heterocycles. The van der Waals surface area contributed by atoms with Crippen molar-refractivity contribution in [3.8, 4) is 0 Å². The van der Waals surface area contributed by atoms with Gasteiger partial charge in [-0.3, -0.25) is 9.10 Å². The van der Waals surface area contributed by atoms with Crippen LogP contribution in [0.2, 0.25) is 10.0 Å². The van der Waals surface area contributed by atoms with Crippen LogP contribution in [0.5, 0.6) is 0 Å². The molecule has 0 bridgehead atoms. The van der Waals surface area contributed by atoms with E-state index in [1.165, 1.54) is 18.2 Å². The van der Waals surface area contributed by atoms with Gasteiger partial charge in [0.2, 0.25) is 5.91 Å². The van der Waals surface area contributed by atoms with Crippen LogP contribution in [0.15, 0.2) is 47.4 Å². The number of hydrogen-bond acceptors (Lipinski definition) is 4. The number of carbonyl (C=O) groups excluding carboxylic acids is 1. The fraction of sp³-hybridized carbons (Fsp3) is 0.350. The summed E-state index contributed by atoms with van der Waals surface area (Å²) in [5.74, 6) is -0.452. The molecule has 1 heterocycles. The van der Waals surface area contributed by atoms with Gasteiger partial charge in [0.25, 0.3) is 10.0 Å². The lowest BCUT2D eigenvalue weighted by molar-refractivity contribution is -0.120. The number of anilines is 1. The van der Waals surface area contributed by atoms with Gasteiger partial charge in [0.05, 0.1) is 26.7 Å². The zero-order chi connectivity index (χ0) is 21.0. The highest BCUT2D eigenvalue weighted by Gasteiger charge is 2.29. The highest BCUT2D eigenvalue weighted by Crippen LogP contribution is 2.35. The Kier molecular flexibility index (Phi) is 7.05. The second kappa shape index (κ2) is 9.34. The summed E-state index contributed by atoms with van der Waals surface area (Å²) < 4.78 is 33.1. The van der Waals surface area contributed by atoms with E-state index in [4.69, 9.17) is 27.9 Å². The number of amides is 1. The highest BCUT2D eigenvalue weighted by atomic mass is 35.5. The van der Waals surface area contributed by atoms with E-state index in [1.54, 1.807) is 24.3 Å². The van der Waals surface area contributed by atoms with E-state index in [-0.39, 0.29) is 26.7 Å². The molecule has 0 saturated carbocycles. The molecule has 0 aliphatic carbocycles. The maximum atomic E-state index is 13.3. The van der Waals surface area contributed by atoms with Crippen LogP contribution in [0.4, 0.5) is 5.69 Å². The van der Waals surface area contributed by atoms with Crippen molar-refractivity contribution in [3.05, 3.63) is 58.1 Å². The molecule has 0 spiro atoms. The predicted octanol–water partition coefficient (Wildman–Crippen LogP) is 3.79. The SMILES string of the molecule is Cc1ccc(S(=O)(=O)N(CC(=O)NC[C@@H]2CCCO2)c2cccc(Cl)c2Cl)cc1. The molecule has 2 aromatic carbocycles. The van der Waals surface area contributed by atoms with Crippen LogP contribution in [0.25, 0.3) is 0 Å². The van der Waals surface area contributed by atoms with Crippen molar-refractivity contribution in [1.29, 1.82) is 0 Å². The van der Waals surface area contributed by atoms with Gasteiger partial charge in [0.15, 0.2) is 0 Å². The molecular formula is C20H22Cl2N2O4S. The molecule has 0 radical (unpaired) electrons. The summed E-state index contributed by atoms with van der Waals surface area (Å²) in [4.78, 5) is 12.6. The van der Waals surface area contributed by atoms with Crippen molar-refractivity contribution in [3.63, 3.8) is 0 Å². The van der Waals surface area contributed by atoms with Crippen molar-refractivity contribution in [2.75, 3.05) is 24.0 Å². The number of benzene rings is 2. The van der Waals surface area contributed by atoms with E-state index in [0.29, 0.717) is 13.2 Å². The Morgan fingerprint density at radius 2 is 1.93 bits per heavy atom. The van der Waals surface area contributed by atoms with Gasteiger partial charge in [-0.2, -0.15) is 0 Å². The average Bonchev–Trinajstić information content (AvgIpc) is 3.21. The third-order valence-corrected chi connectivity index (χ3v) is 7.23. The highest BCUT2D eigenvalue weighted by molar-refractivity contribution is 7.92. The molecular weight excluding hydrogens is 435 g/mol. The van der Waals surface area contributed by atoms with E-state index in [1.807, 2.05) is 6.92 Å². The molecule has 2 aromatic rings. The Hall–Kier alpha value is -1.80. The molecule has 1 aliphatic heterocycles. The van der Waals surface area contributed by atoms with Crippen molar-refractivity contribution in [2.45, 2.75) is 30.8 Å². The van der Waals surface area contributed by atoms with Gasteiger partial charge >= 0.3 is 0 Å². The number of carbonyl (C=O) groups is 1. The van der Waals surface area contributed by atoms with Crippen LogP contribution in [-0.4, -0.2) is 40.1 Å². The number of sulfonamides is 1. The van der Waals surface area contributed by atoms with E-state index in [0.717, 1.165) is 22.7 Å². The summed E-state index contributed by atoms with van der Waals surface area (Å²) in [5.41, 5.74) is 1.07. The van der Waals surface area contributed by atoms with Crippen LogP contribution < -0.4 is 9.62 Å². The minimum Gasteiger partial charge on any atom is -0.376 e. The van der Waals surface area contributed by atoms with Crippen LogP contribution in [0.1, 0.15) is 18.4 Å². The van der Waals surface area contributed by atoms with Gasteiger partial charge in [-0.15, -0.1) is 0 Å². The molecule has 3 rings (SSSR count). The minimum atomic E-state index is -4.04. The molecule has 9 heteroatoms. The molecule has 1 saturated heterocycles. The van der Waals surface area contributed by atoms with Gasteiger partial charge < -0.3 is 10.1 Å². The van der Waals surface area contributed by atoms with E-state index < -0.39 is 22.5 Å². The third-order valence-electron chi connectivity index (χ3n) is 4.65. The Morgan fingerprint density at radius 3 is 2.59 bits per heavy atom. The summed E-state index contributed by atoms with van der Waals surface area (Å²) in [6.45, 7) is 2.44. The van der Waals surface area contributed by atoms with Crippen LogP contribution in [-0.2, 0) is 19.6 Å². The Morgan fingerprint density at radius 1 is 1.21 bits per heavy atom. The van der Waals surface area contributed by atoms with Crippen LogP contribution in [0, 0.1) is 6.92 Å². The fourth-order valence-corrected chi connectivity index (χ4v) is 4.92. The van der Waals surface area contributed by atoms with E-state index >= 15 is 0 Å². The zero-order valence-corrected chi connectivity index (χ0v) is 18.2. The van der Waals surface area contributed by atoms with Crippen molar-refractivity contribution in [1.82, 2.24) is 5.32 Å². The molecule has 29 heavy (non-hydrogen) atoms. The molecule has 1 amide bonds. The molecule has 1 atom stereocenters. The summed E-state index contributed by atoms with van der Waals surface area (Å²) in [6, 6.07) is 11.1. The average molecular weight is 457 g/mol. The maximum absolute atomic E-state index is 13.3. The fourth-order valence-electron chi connectivity index (χ4n) is 3.04. The predicted molar refractivity (Wildman–Crippen MR) is 114 cm³/mol. The first-order chi connectivity index (χ1) is 13.8. The van der Waals surface area contributed by atoms with Crippen molar-refractivity contribution in [2.24, 2.45) is 0 Å². The minimum absolute atomic E-state index is 0.0455. The molecule has 156 valence electrons. The summed E-state index contributed by atoms with van der Waals surface area (Å²) in [7, 11) is -4.04. The second-order valence-corrected chi connectivity index (χ2v) is 9.48. The number of nitrogens with one attached hydrogen (secondary N) is 1. The number of ether oxygens (including phenoxy) is 1. The van der Waals surface area contributed by atoms with Gasteiger partial charge in [0, 0.05) is 13.2 Å². The summed E-state index contributed by atoms with van der Waals surface area (Å²) >= 11 is 12.4. The number of nitrogens with zero attached hydrogens (tertiary/aromatic N) is 1. The van der Waals surface area contributed by atoms with Crippen LogP contribution in [0.3, 0.4) is 0 Å². The van der Waals surface area contributed by atoms with Crippen molar-refractivity contribution < 1.29 is 17.9 Å².